The maximum Gasteiger partial charge on any atom is 0.147 e. The smallest absolute Gasteiger partial charge is 0.147 e. The van der Waals surface area contributed by atoms with Gasteiger partial charge in [-0.05, 0) is 49.9 Å². The zero-order chi connectivity index (χ0) is 21.7. The average Bonchev–Trinajstić information content (AvgIpc) is 2.84. The van der Waals surface area contributed by atoms with Crippen molar-refractivity contribution in [3.63, 3.8) is 0 Å². The van der Waals surface area contributed by atoms with E-state index in [1.807, 2.05) is 6.07 Å². The summed E-state index contributed by atoms with van der Waals surface area (Å²) in [5.41, 5.74) is 0.236. The van der Waals surface area contributed by atoms with Crippen LogP contribution in [0.3, 0.4) is 0 Å². The quantitative estimate of drug-likeness (QED) is 0.676. The van der Waals surface area contributed by atoms with E-state index in [1.54, 1.807) is 7.11 Å². The lowest BCUT2D eigenvalue weighted by Crippen LogP contribution is -2.72. The van der Waals surface area contributed by atoms with E-state index in [9.17, 15) is 0 Å². The summed E-state index contributed by atoms with van der Waals surface area (Å²) in [6.07, 6.45) is 13.2. The molecule has 2 fully saturated rings. The molecular formula is C25H35ClN2O3. The first-order valence-electron chi connectivity index (χ1n) is 11.5. The van der Waals surface area contributed by atoms with Gasteiger partial charge >= 0.3 is 0 Å². The SMILES string of the molecule is CCN1CCNCC1(OCC1CCCCO1)C1(c2ccc(Cl)c(OC)c2)C=CC=CC1. The van der Waals surface area contributed by atoms with Gasteiger partial charge in [-0.1, -0.05) is 48.9 Å². The van der Waals surface area contributed by atoms with Crippen molar-refractivity contribution < 1.29 is 14.2 Å². The van der Waals surface area contributed by atoms with Crippen LogP contribution in [-0.4, -0.2) is 63.2 Å². The highest BCUT2D eigenvalue weighted by Gasteiger charge is 2.56. The fourth-order valence-corrected chi connectivity index (χ4v) is 5.54. The molecule has 2 saturated heterocycles. The third-order valence-corrected chi connectivity index (χ3v) is 7.34. The zero-order valence-electron chi connectivity index (χ0n) is 18.7. The molecule has 2 aliphatic heterocycles. The van der Waals surface area contributed by atoms with Gasteiger partial charge in [0.2, 0.25) is 0 Å². The van der Waals surface area contributed by atoms with Crippen LogP contribution in [0, 0.1) is 0 Å². The van der Waals surface area contributed by atoms with E-state index in [1.165, 1.54) is 6.42 Å². The number of nitrogens with zero attached hydrogens (tertiary/aromatic N) is 1. The molecule has 2 heterocycles. The van der Waals surface area contributed by atoms with Gasteiger partial charge in [-0.15, -0.1) is 0 Å². The molecule has 1 aromatic rings. The number of hydrogen-bond donors (Lipinski definition) is 1. The second-order valence-electron chi connectivity index (χ2n) is 8.65. The van der Waals surface area contributed by atoms with E-state index in [4.69, 9.17) is 25.8 Å². The van der Waals surface area contributed by atoms with Crippen LogP contribution in [0.2, 0.25) is 5.02 Å². The number of methoxy groups -OCH3 is 1. The van der Waals surface area contributed by atoms with Crippen LogP contribution in [0.5, 0.6) is 5.75 Å². The molecule has 6 heteroatoms. The maximum absolute atomic E-state index is 6.99. The molecule has 4 rings (SSSR count). The molecule has 3 atom stereocenters. The molecule has 0 saturated carbocycles. The van der Waals surface area contributed by atoms with E-state index in [-0.39, 0.29) is 11.5 Å². The lowest BCUT2D eigenvalue weighted by atomic mass is 9.66. The Balaban J connectivity index is 1.78. The van der Waals surface area contributed by atoms with Crippen molar-refractivity contribution in [2.75, 3.05) is 46.5 Å². The summed E-state index contributed by atoms with van der Waals surface area (Å²) in [6.45, 7) is 7.21. The van der Waals surface area contributed by atoms with Crippen molar-refractivity contribution in [2.45, 2.75) is 49.9 Å². The summed E-state index contributed by atoms with van der Waals surface area (Å²) < 4.78 is 18.6. The van der Waals surface area contributed by atoms with Crippen LogP contribution < -0.4 is 10.1 Å². The van der Waals surface area contributed by atoms with E-state index in [0.29, 0.717) is 17.4 Å². The lowest BCUT2D eigenvalue weighted by Gasteiger charge is -2.57. The fraction of sp³-hybridized carbons (Fsp3) is 0.600. The van der Waals surface area contributed by atoms with Crippen molar-refractivity contribution >= 4 is 11.6 Å². The number of nitrogens with one attached hydrogen (secondary N) is 1. The van der Waals surface area contributed by atoms with Crippen LogP contribution in [0.25, 0.3) is 0 Å². The van der Waals surface area contributed by atoms with Gasteiger partial charge in [-0.25, -0.2) is 0 Å². The molecule has 0 amide bonds. The van der Waals surface area contributed by atoms with Gasteiger partial charge < -0.3 is 19.5 Å². The molecule has 1 aliphatic carbocycles. The van der Waals surface area contributed by atoms with Gasteiger partial charge in [-0.2, -0.15) is 0 Å². The van der Waals surface area contributed by atoms with Crippen LogP contribution in [0.4, 0.5) is 0 Å². The Morgan fingerprint density at radius 1 is 1.29 bits per heavy atom. The number of piperazine rings is 1. The Morgan fingerprint density at radius 2 is 2.19 bits per heavy atom. The normalized spacial score (nSPS) is 31.6. The van der Waals surface area contributed by atoms with E-state index in [2.05, 4.69) is 53.6 Å². The Morgan fingerprint density at radius 3 is 2.90 bits per heavy atom. The number of allylic oxidation sites excluding steroid dienone is 3. The fourth-order valence-electron chi connectivity index (χ4n) is 5.35. The molecule has 5 nitrogen and oxygen atoms in total. The van der Waals surface area contributed by atoms with Gasteiger partial charge in [0.15, 0.2) is 0 Å². The minimum atomic E-state index is -0.541. The largest absolute Gasteiger partial charge is 0.495 e. The number of likely N-dealkylation sites (N-methyl/N-ethyl adjacent to an activating group) is 1. The van der Waals surface area contributed by atoms with Crippen LogP contribution in [0.1, 0.15) is 38.2 Å². The van der Waals surface area contributed by atoms with E-state index < -0.39 is 5.72 Å². The van der Waals surface area contributed by atoms with Crippen LogP contribution in [-0.2, 0) is 14.9 Å². The highest BCUT2D eigenvalue weighted by molar-refractivity contribution is 6.32. The molecule has 170 valence electrons. The van der Waals surface area contributed by atoms with Gasteiger partial charge in [0.1, 0.15) is 11.5 Å². The van der Waals surface area contributed by atoms with Crippen molar-refractivity contribution in [3.8, 4) is 5.75 Å². The first-order chi connectivity index (χ1) is 15.1. The summed E-state index contributed by atoms with van der Waals surface area (Å²) in [6, 6.07) is 6.14. The molecule has 1 aromatic carbocycles. The monoisotopic (exact) mass is 446 g/mol. The third-order valence-electron chi connectivity index (χ3n) is 7.03. The van der Waals surface area contributed by atoms with Crippen LogP contribution >= 0.6 is 11.6 Å². The van der Waals surface area contributed by atoms with E-state index >= 15 is 0 Å². The molecule has 0 bridgehead atoms. The predicted octanol–water partition coefficient (Wildman–Crippen LogP) is 4.31. The Bertz CT molecular complexity index is 808. The number of benzene rings is 1. The number of ether oxygens (including phenoxy) is 3. The first kappa shape index (κ1) is 22.8. The highest BCUT2D eigenvalue weighted by Crippen LogP contribution is 2.48. The van der Waals surface area contributed by atoms with Gasteiger partial charge in [-0.3, -0.25) is 4.90 Å². The average molecular weight is 447 g/mol. The molecule has 0 spiro atoms. The van der Waals surface area contributed by atoms with Gasteiger partial charge in [0.25, 0.3) is 0 Å². The number of rotatable bonds is 7. The number of hydrogen-bond acceptors (Lipinski definition) is 5. The van der Waals surface area contributed by atoms with Crippen LogP contribution in [0.15, 0.2) is 42.5 Å². The Kier molecular flexibility index (Phi) is 7.40. The summed E-state index contributed by atoms with van der Waals surface area (Å²) in [5.74, 6) is 0.694. The summed E-state index contributed by atoms with van der Waals surface area (Å²) in [5, 5.41) is 4.26. The molecule has 0 aromatic heterocycles. The summed E-state index contributed by atoms with van der Waals surface area (Å²) in [4.78, 5) is 2.50. The third kappa shape index (κ3) is 4.31. The molecule has 3 unspecified atom stereocenters. The maximum atomic E-state index is 6.99. The Labute approximate surface area is 191 Å². The molecule has 0 radical (unpaired) electrons. The second kappa shape index (κ2) is 10.1. The zero-order valence-corrected chi connectivity index (χ0v) is 19.5. The lowest BCUT2D eigenvalue weighted by molar-refractivity contribution is -0.217. The molecular weight excluding hydrogens is 412 g/mol. The Hall–Kier alpha value is -1.37. The van der Waals surface area contributed by atoms with Gasteiger partial charge in [0.05, 0.1) is 30.3 Å². The van der Waals surface area contributed by atoms with Crippen molar-refractivity contribution in [1.29, 1.82) is 0 Å². The highest BCUT2D eigenvalue weighted by atomic mass is 35.5. The molecule has 31 heavy (non-hydrogen) atoms. The summed E-state index contributed by atoms with van der Waals surface area (Å²) in [7, 11) is 1.67. The topological polar surface area (TPSA) is 43.0 Å². The van der Waals surface area contributed by atoms with Crippen molar-refractivity contribution in [2.24, 2.45) is 0 Å². The van der Waals surface area contributed by atoms with Gasteiger partial charge in [0, 0.05) is 26.2 Å². The van der Waals surface area contributed by atoms with Crippen molar-refractivity contribution in [1.82, 2.24) is 10.2 Å². The minimum Gasteiger partial charge on any atom is -0.495 e. The molecule has 1 N–H and O–H groups in total. The van der Waals surface area contributed by atoms with Crippen molar-refractivity contribution in [3.05, 3.63) is 53.1 Å². The predicted molar refractivity (Wildman–Crippen MR) is 125 cm³/mol. The number of halogens is 1. The standard InChI is InChI=1S/C25H35ClN2O3/c1-3-28-15-14-27-19-25(28,31-18-21-9-5-8-16-30-21)24(12-6-4-7-13-24)20-10-11-22(26)23(17-20)29-2/h4,6-7,10-12,17,21,27H,3,5,8-9,13-16,18-19H2,1-2H3. The first-order valence-corrected chi connectivity index (χ1v) is 11.9. The minimum absolute atomic E-state index is 0.158. The molecule has 3 aliphatic rings. The van der Waals surface area contributed by atoms with E-state index in [0.717, 1.165) is 57.6 Å². The second-order valence-corrected chi connectivity index (χ2v) is 9.06. The summed E-state index contributed by atoms with van der Waals surface area (Å²) >= 11 is 6.39.